The first-order valence-corrected chi connectivity index (χ1v) is 5.80. The summed E-state index contributed by atoms with van der Waals surface area (Å²) in [6.07, 6.45) is -8.15. The molecule has 4 nitrogen and oxygen atoms in total. The maximum atomic E-state index is 12.9. The van der Waals surface area contributed by atoms with Crippen molar-refractivity contribution in [2.45, 2.75) is 19.0 Å². The van der Waals surface area contributed by atoms with E-state index in [4.69, 9.17) is 5.73 Å². The van der Waals surface area contributed by atoms with Crippen molar-refractivity contribution in [3.8, 4) is 5.75 Å². The molecule has 0 aliphatic rings. The SMILES string of the molecule is NCCCNC(=O)c1ccccc1OC(F)(F)C(F)F. The highest BCUT2D eigenvalue weighted by atomic mass is 19.3. The number of para-hydroxylation sites is 1. The van der Waals surface area contributed by atoms with Gasteiger partial charge in [0.2, 0.25) is 0 Å². The number of carbonyl (C=O) groups excluding carboxylic acids is 1. The van der Waals surface area contributed by atoms with E-state index in [9.17, 15) is 22.4 Å². The number of hydrogen-bond donors (Lipinski definition) is 2. The van der Waals surface area contributed by atoms with Gasteiger partial charge >= 0.3 is 12.5 Å². The van der Waals surface area contributed by atoms with Crippen molar-refractivity contribution in [1.29, 1.82) is 0 Å². The Hall–Kier alpha value is -1.83. The average molecular weight is 294 g/mol. The average Bonchev–Trinajstić information content (AvgIpc) is 2.39. The highest BCUT2D eigenvalue weighted by molar-refractivity contribution is 5.96. The molecule has 3 N–H and O–H groups in total. The van der Waals surface area contributed by atoms with Gasteiger partial charge in [-0.2, -0.15) is 17.6 Å². The number of nitrogens with two attached hydrogens (primary N) is 1. The summed E-state index contributed by atoms with van der Waals surface area (Å²) in [7, 11) is 0. The molecule has 0 saturated carbocycles. The standard InChI is InChI=1S/C12H14F4N2O2/c13-11(14)12(15,16)20-9-5-2-1-4-8(9)10(19)18-7-3-6-17/h1-2,4-5,11H,3,6-7,17H2,(H,18,19). The molecule has 0 aromatic heterocycles. The lowest BCUT2D eigenvalue weighted by Gasteiger charge is -2.18. The lowest BCUT2D eigenvalue weighted by Crippen LogP contribution is -2.34. The number of alkyl halides is 4. The van der Waals surface area contributed by atoms with Crippen molar-refractivity contribution in [3.05, 3.63) is 29.8 Å². The second-order valence-electron chi connectivity index (χ2n) is 3.86. The number of amides is 1. The Kier molecular flexibility index (Phi) is 5.75. The molecule has 0 unspecified atom stereocenters. The minimum Gasteiger partial charge on any atom is -0.427 e. The molecule has 0 saturated heterocycles. The molecule has 0 bridgehead atoms. The van der Waals surface area contributed by atoms with Crippen molar-refractivity contribution in [1.82, 2.24) is 5.32 Å². The van der Waals surface area contributed by atoms with Gasteiger partial charge in [0.05, 0.1) is 5.56 Å². The van der Waals surface area contributed by atoms with Gasteiger partial charge in [-0.05, 0) is 25.1 Å². The van der Waals surface area contributed by atoms with E-state index < -0.39 is 24.2 Å². The first kappa shape index (κ1) is 16.2. The van der Waals surface area contributed by atoms with E-state index in [-0.39, 0.29) is 12.1 Å². The number of nitrogens with one attached hydrogen (secondary N) is 1. The van der Waals surface area contributed by atoms with Gasteiger partial charge in [0.25, 0.3) is 5.91 Å². The van der Waals surface area contributed by atoms with Crippen LogP contribution in [0.4, 0.5) is 17.6 Å². The number of rotatable bonds is 7. The zero-order chi connectivity index (χ0) is 15.2. The Morgan fingerprint density at radius 3 is 2.60 bits per heavy atom. The summed E-state index contributed by atoms with van der Waals surface area (Å²) in [5, 5.41) is 2.42. The van der Waals surface area contributed by atoms with Crippen molar-refractivity contribution < 1.29 is 27.1 Å². The highest BCUT2D eigenvalue weighted by Gasteiger charge is 2.44. The van der Waals surface area contributed by atoms with E-state index in [0.29, 0.717) is 13.0 Å². The predicted octanol–water partition coefficient (Wildman–Crippen LogP) is 2.00. The summed E-state index contributed by atoms with van der Waals surface area (Å²) < 4.78 is 53.9. The van der Waals surface area contributed by atoms with Crippen LogP contribution in [0.15, 0.2) is 24.3 Å². The van der Waals surface area contributed by atoms with Crippen LogP contribution < -0.4 is 15.8 Å². The Labute approximate surface area is 112 Å². The topological polar surface area (TPSA) is 64.3 Å². The van der Waals surface area contributed by atoms with Crippen LogP contribution >= 0.6 is 0 Å². The molecule has 1 aromatic rings. The fourth-order valence-corrected chi connectivity index (χ4v) is 1.33. The van der Waals surface area contributed by atoms with Gasteiger partial charge in [0.1, 0.15) is 5.75 Å². The minimum atomic E-state index is -4.66. The van der Waals surface area contributed by atoms with E-state index in [0.717, 1.165) is 6.07 Å². The summed E-state index contributed by atoms with van der Waals surface area (Å²) in [5.74, 6) is -1.30. The second kappa shape index (κ2) is 7.09. The molecule has 0 aliphatic carbocycles. The summed E-state index contributed by atoms with van der Waals surface area (Å²) >= 11 is 0. The molecule has 0 atom stereocenters. The molecule has 0 fully saturated rings. The number of carbonyl (C=O) groups is 1. The van der Waals surface area contributed by atoms with Crippen LogP contribution in [0.3, 0.4) is 0 Å². The molecule has 1 amide bonds. The maximum absolute atomic E-state index is 12.9. The van der Waals surface area contributed by atoms with E-state index in [2.05, 4.69) is 10.1 Å². The Balaban J connectivity index is 2.85. The van der Waals surface area contributed by atoms with Gasteiger partial charge in [-0.15, -0.1) is 0 Å². The van der Waals surface area contributed by atoms with Crippen LogP contribution in [-0.4, -0.2) is 31.5 Å². The van der Waals surface area contributed by atoms with Gasteiger partial charge < -0.3 is 15.8 Å². The lowest BCUT2D eigenvalue weighted by molar-refractivity contribution is -0.253. The molecule has 1 rings (SSSR count). The number of ether oxygens (including phenoxy) is 1. The molecule has 0 heterocycles. The van der Waals surface area contributed by atoms with Gasteiger partial charge in [0.15, 0.2) is 0 Å². The van der Waals surface area contributed by atoms with Gasteiger partial charge in [0, 0.05) is 6.54 Å². The van der Waals surface area contributed by atoms with E-state index in [1.165, 1.54) is 18.2 Å². The largest absolute Gasteiger partial charge is 0.461 e. The summed E-state index contributed by atoms with van der Waals surface area (Å²) in [6.45, 7) is 0.594. The fraction of sp³-hybridized carbons (Fsp3) is 0.417. The monoisotopic (exact) mass is 294 g/mol. The third-order valence-electron chi connectivity index (χ3n) is 2.30. The van der Waals surface area contributed by atoms with Crippen LogP contribution in [-0.2, 0) is 0 Å². The van der Waals surface area contributed by atoms with Crippen molar-refractivity contribution >= 4 is 5.91 Å². The molecule has 8 heteroatoms. The summed E-state index contributed by atoms with van der Waals surface area (Å²) in [5.41, 5.74) is 5.00. The first-order valence-electron chi connectivity index (χ1n) is 5.80. The van der Waals surface area contributed by atoms with E-state index >= 15 is 0 Å². The third-order valence-corrected chi connectivity index (χ3v) is 2.30. The maximum Gasteiger partial charge on any atom is 0.461 e. The van der Waals surface area contributed by atoms with Crippen LogP contribution in [0.25, 0.3) is 0 Å². The molecule has 20 heavy (non-hydrogen) atoms. The van der Waals surface area contributed by atoms with E-state index in [1.807, 2.05) is 0 Å². The van der Waals surface area contributed by atoms with Crippen molar-refractivity contribution in [2.75, 3.05) is 13.1 Å². The fourth-order valence-electron chi connectivity index (χ4n) is 1.33. The van der Waals surface area contributed by atoms with Gasteiger partial charge in [-0.1, -0.05) is 12.1 Å². The van der Waals surface area contributed by atoms with Crippen molar-refractivity contribution in [2.24, 2.45) is 5.73 Å². The smallest absolute Gasteiger partial charge is 0.427 e. The van der Waals surface area contributed by atoms with Crippen LogP contribution in [0, 0.1) is 0 Å². The van der Waals surface area contributed by atoms with Crippen LogP contribution in [0.2, 0.25) is 0 Å². The highest BCUT2D eigenvalue weighted by Crippen LogP contribution is 2.29. The Morgan fingerprint density at radius 2 is 2.00 bits per heavy atom. The Morgan fingerprint density at radius 1 is 1.35 bits per heavy atom. The number of benzene rings is 1. The molecular weight excluding hydrogens is 280 g/mol. The zero-order valence-electron chi connectivity index (χ0n) is 10.4. The van der Waals surface area contributed by atoms with Gasteiger partial charge in [-0.25, -0.2) is 0 Å². The second-order valence-corrected chi connectivity index (χ2v) is 3.86. The number of hydrogen-bond acceptors (Lipinski definition) is 3. The molecule has 0 radical (unpaired) electrons. The molecule has 112 valence electrons. The quantitative estimate of drug-likeness (QED) is 0.597. The minimum absolute atomic E-state index is 0.245. The normalized spacial score (nSPS) is 11.5. The third kappa shape index (κ3) is 4.37. The molecule has 0 spiro atoms. The molecule has 1 aromatic carbocycles. The predicted molar refractivity (Wildman–Crippen MR) is 64.0 cm³/mol. The van der Waals surface area contributed by atoms with Crippen LogP contribution in [0.5, 0.6) is 5.75 Å². The molecular formula is C12H14F4N2O2. The summed E-state index contributed by atoms with van der Waals surface area (Å²) in [6, 6.07) is 4.93. The van der Waals surface area contributed by atoms with Gasteiger partial charge in [-0.3, -0.25) is 4.79 Å². The summed E-state index contributed by atoms with van der Waals surface area (Å²) in [4.78, 5) is 11.7. The Bertz CT molecular complexity index is 455. The molecule has 0 aliphatic heterocycles. The zero-order valence-corrected chi connectivity index (χ0v) is 10.4. The van der Waals surface area contributed by atoms with Crippen LogP contribution in [0.1, 0.15) is 16.8 Å². The lowest BCUT2D eigenvalue weighted by atomic mass is 10.2. The number of halogens is 4. The van der Waals surface area contributed by atoms with Crippen molar-refractivity contribution in [3.63, 3.8) is 0 Å². The van der Waals surface area contributed by atoms with E-state index in [1.54, 1.807) is 0 Å². The first-order chi connectivity index (χ1) is 9.38.